The number of hydrogen-bond acceptors (Lipinski definition) is 5. The molecule has 7 heteroatoms. The van der Waals surface area contributed by atoms with Crippen molar-refractivity contribution in [3.05, 3.63) is 23.8 Å². The van der Waals surface area contributed by atoms with E-state index in [0.29, 0.717) is 0 Å². The van der Waals surface area contributed by atoms with Crippen molar-refractivity contribution in [2.75, 3.05) is 11.7 Å². The molecule has 0 unspecified atom stereocenters. The summed E-state index contributed by atoms with van der Waals surface area (Å²) in [5.74, 6) is 3.92. The first-order chi connectivity index (χ1) is 6.86. The summed E-state index contributed by atoms with van der Waals surface area (Å²) in [6.07, 6.45) is 0.981. The van der Waals surface area contributed by atoms with Gasteiger partial charge in [-0.25, -0.2) is 13.2 Å². The molecule has 1 aromatic rings. The first-order valence-corrected chi connectivity index (χ1v) is 5.79. The summed E-state index contributed by atoms with van der Waals surface area (Å²) in [4.78, 5) is 10.5. The van der Waals surface area contributed by atoms with Crippen molar-refractivity contribution in [1.29, 1.82) is 0 Å². The summed E-state index contributed by atoms with van der Waals surface area (Å²) in [6.45, 7) is 0. The van der Waals surface area contributed by atoms with Gasteiger partial charge >= 0.3 is 5.97 Å². The Morgan fingerprint density at radius 3 is 2.47 bits per heavy atom. The van der Waals surface area contributed by atoms with Gasteiger partial charge in [-0.15, -0.1) is 0 Å². The number of carbonyl (C=O) groups is 1. The third kappa shape index (κ3) is 2.45. The van der Waals surface area contributed by atoms with Crippen LogP contribution in [0.2, 0.25) is 0 Å². The SMILES string of the molecule is CS(=O)(=O)c1cc(C(=O)O)ccc1NN. The minimum absolute atomic E-state index is 0.102. The molecule has 0 saturated carbocycles. The second-order valence-electron chi connectivity index (χ2n) is 2.93. The number of carboxylic acid groups (broad SMARTS) is 1. The normalized spacial score (nSPS) is 11.1. The Kier molecular flexibility index (Phi) is 2.96. The van der Waals surface area contributed by atoms with Crippen molar-refractivity contribution >= 4 is 21.5 Å². The minimum atomic E-state index is -3.51. The Morgan fingerprint density at radius 1 is 1.47 bits per heavy atom. The first-order valence-electron chi connectivity index (χ1n) is 3.90. The van der Waals surface area contributed by atoms with E-state index in [-0.39, 0.29) is 16.1 Å². The summed E-state index contributed by atoms with van der Waals surface area (Å²) < 4.78 is 22.6. The number of sulfone groups is 1. The third-order valence-corrected chi connectivity index (χ3v) is 2.92. The van der Waals surface area contributed by atoms with E-state index in [0.717, 1.165) is 12.3 Å². The highest BCUT2D eigenvalue weighted by atomic mass is 32.2. The lowest BCUT2D eigenvalue weighted by molar-refractivity contribution is 0.0696. The second-order valence-corrected chi connectivity index (χ2v) is 4.92. The minimum Gasteiger partial charge on any atom is -0.478 e. The number of nitrogen functional groups attached to an aromatic ring is 1. The van der Waals surface area contributed by atoms with Gasteiger partial charge in [-0.05, 0) is 18.2 Å². The molecule has 0 atom stereocenters. The number of anilines is 1. The average molecular weight is 230 g/mol. The van der Waals surface area contributed by atoms with Crippen molar-refractivity contribution in [2.24, 2.45) is 5.84 Å². The lowest BCUT2D eigenvalue weighted by Crippen LogP contribution is -2.12. The molecule has 0 spiro atoms. The molecule has 0 aliphatic heterocycles. The van der Waals surface area contributed by atoms with Crippen molar-refractivity contribution < 1.29 is 18.3 Å². The van der Waals surface area contributed by atoms with Crippen LogP contribution in [-0.4, -0.2) is 25.7 Å². The van der Waals surface area contributed by atoms with Gasteiger partial charge in [0.1, 0.15) is 0 Å². The molecule has 0 saturated heterocycles. The number of aromatic carboxylic acids is 1. The largest absolute Gasteiger partial charge is 0.478 e. The molecule has 1 rings (SSSR count). The molecule has 6 nitrogen and oxygen atoms in total. The molecule has 0 aliphatic rings. The molecular weight excluding hydrogens is 220 g/mol. The van der Waals surface area contributed by atoms with Crippen LogP contribution in [0.5, 0.6) is 0 Å². The maximum Gasteiger partial charge on any atom is 0.335 e. The molecule has 0 fully saturated rings. The van der Waals surface area contributed by atoms with Crippen molar-refractivity contribution in [3.8, 4) is 0 Å². The highest BCUT2D eigenvalue weighted by Crippen LogP contribution is 2.21. The zero-order valence-electron chi connectivity index (χ0n) is 7.89. The van der Waals surface area contributed by atoms with Crippen LogP contribution in [0, 0.1) is 0 Å². The van der Waals surface area contributed by atoms with Gasteiger partial charge in [0.25, 0.3) is 0 Å². The molecule has 1 aromatic carbocycles. The van der Waals surface area contributed by atoms with E-state index in [1.54, 1.807) is 0 Å². The number of carboxylic acids is 1. The van der Waals surface area contributed by atoms with Crippen LogP contribution in [0.4, 0.5) is 5.69 Å². The predicted octanol–water partition coefficient (Wildman–Crippen LogP) is 0.0739. The molecule has 0 aromatic heterocycles. The standard InChI is InChI=1S/C8H10N2O4S/c1-15(13,14)7-4-5(8(11)12)2-3-6(7)10-9/h2-4,10H,9H2,1H3,(H,11,12). The zero-order valence-corrected chi connectivity index (χ0v) is 8.71. The third-order valence-electron chi connectivity index (χ3n) is 1.78. The number of rotatable bonds is 3. The molecule has 0 heterocycles. The maximum atomic E-state index is 11.3. The summed E-state index contributed by atoms with van der Waals surface area (Å²) in [7, 11) is -3.51. The fourth-order valence-electron chi connectivity index (χ4n) is 1.08. The monoisotopic (exact) mass is 230 g/mol. The van der Waals surface area contributed by atoms with Gasteiger partial charge in [0.2, 0.25) is 0 Å². The highest BCUT2D eigenvalue weighted by Gasteiger charge is 2.15. The van der Waals surface area contributed by atoms with Crippen molar-refractivity contribution in [3.63, 3.8) is 0 Å². The van der Waals surface area contributed by atoms with Gasteiger partial charge in [-0.2, -0.15) is 0 Å². The highest BCUT2D eigenvalue weighted by molar-refractivity contribution is 7.90. The lowest BCUT2D eigenvalue weighted by atomic mass is 10.2. The van der Waals surface area contributed by atoms with E-state index in [2.05, 4.69) is 5.43 Å². The van der Waals surface area contributed by atoms with Gasteiger partial charge in [0, 0.05) is 6.26 Å². The van der Waals surface area contributed by atoms with Crippen LogP contribution in [0.3, 0.4) is 0 Å². The average Bonchev–Trinajstić information content (AvgIpc) is 2.15. The fraction of sp³-hybridized carbons (Fsp3) is 0.125. The molecule has 0 bridgehead atoms. The Morgan fingerprint density at radius 2 is 2.07 bits per heavy atom. The van der Waals surface area contributed by atoms with E-state index in [9.17, 15) is 13.2 Å². The van der Waals surface area contributed by atoms with E-state index in [1.807, 2.05) is 0 Å². The Balaban J connectivity index is 3.46. The van der Waals surface area contributed by atoms with E-state index in [4.69, 9.17) is 10.9 Å². The van der Waals surface area contributed by atoms with E-state index in [1.165, 1.54) is 12.1 Å². The van der Waals surface area contributed by atoms with Crippen LogP contribution in [0.15, 0.2) is 23.1 Å². The quantitative estimate of drug-likeness (QED) is 0.501. The van der Waals surface area contributed by atoms with Gasteiger partial charge in [0.05, 0.1) is 16.1 Å². The zero-order chi connectivity index (χ0) is 11.6. The topological polar surface area (TPSA) is 109 Å². The summed E-state index contributed by atoms with van der Waals surface area (Å²) >= 11 is 0. The molecular formula is C8H10N2O4S. The molecule has 0 aliphatic carbocycles. The molecule has 0 amide bonds. The van der Waals surface area contributed by atoms with Crippen LogP contribution in [-0.2, 0) is 9.84 Å². The lowest BCUT2D eigenvalue weighted by Gasteiger charge is -2.07. The molecule has 15 heavy (non-hydrogen) atoms. The number of benzene rings is 1. The van der Waals surface area contributed by atoms with Crippen molar-refractivity contribution in [2.45, 2.75) is 4.90 Å². The van der Waals surface area contributed by atoms with Crippen LogP contribution >= 0.6 is 0 Å². The molecule has 0 radical (unpaired) electrons. The van der Waals surface area contributed by atoms with Crippen molar-refractivity contribution in [1.82, 2.24) is 0 Å². The predicted molar refractivity (Wildman–Crippen MR) is 54.3 cm³/mol. The maximum absolute atomic E-state index is 11.3. The summed E-state index contributed by atoms with van der Waals surface area (Å²) in [5.41, 5.74) is 2.26. The van der Waals surface area contributed by atoms with Crippen LogP contribution in [0.25, 0.3) is 0 Å². The number of nitrogens with two attached hydrogens (primary N) is 1. The first kappa shape index (κ1) is 11.5. The smallest absolute Gasteiger partial charge is 0.335 e. The second kappa shape index (κ2) is 3.87. The number of hydrazine groups is 1. The van der Waals surface area contributed by atoms with Crippen LogP contribution in [0.1, 0.15) is 10.4 Å². The van der Waals surface area contributed by atoms with Gasteiger partial charge < -0.3 is 10.5 Å². The van der Waals surface area contributed by atoms with Gasteiger partial charge in [-0.3, -0.25) is 5.84 Å². The Labute approximate surface area is 86.6 Å². The summed E-state index contributed by atoms with van der Waals surface area (Å²) in [5, 5.41) is 8.69. The van der Waals surface area contributed by atoms with E-state index >= 15 is 0 Å². The van der Waals surface area contributed by atoms with Gasteiger partial charge in [0.15, 0.2) is 9.84 Å². The van der Waals surface area contributed by atoms with E-state index < -0.39 is 15.8 Å². The fourth-order valence-corrected chi connectivity index (χ4v) is 1.95. The Hall–Kier alpha value is -1.60. The molecule has 4 N–H and O–H groups in total. The van der Waals surface area contributed by atoms with Crippen LogP contribution < -0.4 is 11.3 Å². The molecule has 82 valence electrons. The number of hydrogen-bond donors (Lipinski definition) is 3. The Bertz CT molecular complexity index is 495. The summed E-state index contributed by atoms with van der Waals surface area (Å²) in [6, 6.07) is 3.64. The number of nitrogens with one attached hydrogen (secondary N) is 1. The van der Waals surface area contributed by atoms with Gasteiger partial charge in [-0.1, -0.05) is 0 Å².